The van der Waals surface area contributed by atoms with Crippen LogP contribution in [0.5, 0.6) is 0 Å². The number of aromatic nitrogens is 4. The van der Waals surface area contributed by atoms with E-state index in [0.29, 0.717) is 5.69 Å². The van der Waals surface area contributed by atoms with E-state index in [2.05, 4.69) is 15.2 Å². The van der Waals surface area contributed by atoms with E-state index in [1.165, 1.54) is 0 Å². The number of aromatic amines is 1. The third-order valence-electron chi connectivity index (χ3n) is 2.34. The standard InChI is InChI=1S/C9H9N5S/c1-5-8(7-6(10)4-11-13-7)14-2-3-15-9(14)12-5/h2-4H,10H2,1H3,(H,11,13). The van der Waals surface area contributed by atoms with Crippen LogP contribution in [0.3, 0.4) is 0 Å². The number of rotatable bonds is 1. The molecule has 6 heteroatoms. The van der Waals surface area contributed by atoms with Gasteiger partial charge in [0.05, 0.1) is 23.3 Å². The summed E-state index contributed by atoms with van der Waals surface area (Å²) in [6.07, 6.45) is 3.59. The summed E-state index contributed by atoms with van der Waals surface area (Å²) >= 11 is 1.60. The largest absolute Gasteiger partial charge is 0.396 e. The molecule has 0 aliphatic rings. The summed E-state index contributed by atoms with van der Waals surface area (Å²) in [4.78, 5) is 5.42. The number of hydrogen-bond donors (Lipinski definition) is 2. The van der Waals surface area contributed by atoms with Crippen LogP contribution in [0.2, 0.25) is 0 Å². The number of nitrogen functional groups attached to an aromatic ring is 1. The van der Waals surface area contributed by atoms with Crippen molar-refractivity contribution in [2.45, 2.75) is 6.92 Å². The van der Waals surface area contributed by atoms with E-state index in [4.69, 9.17) is 5.73 Å². The number of aryl methyl sites for hydroxylation is 1. The Morgan fingerprint density at radius 2 is 2.40 bits per heavy atom. The van der Waals surface area contributed by atoms with E-state index >= 15 is 0 Å². The first-order chi connectivity index (χ1) is 7.27. The highest BCUT2D eigenvalue weighted by atomic mass is 32.1. The van der Waals surface area contributed by atoms with Crippen molar-refractivity contribution < 1.29 is 0 Å². The maximum absolute atomic E-state index is 5.83. The van der Waals surface area contributed by atoms with Gasteiger partial charge in [0, 0.05) is 11.6 Å². The summed E-state index contributed by atoms with van der Waals surface area (Å²) in [5.41, 5.74) is 9.25. The van der Waals surface area contributed by atoms with Gasteiger partial charge in [-0.25, -0.2) is 4.98 Å². The number of imidazole rings is 1. The van der Waals surface area contributed by atoms with Crippen molar-refractivity contribution in [1.82, 2.24) is 19.6 Å². The quantitative estimate of drug-likeness (QED) is 0.654. The Bertz CT molecular complexity index is 617. The van der Waals surface area contributed by atoms with E-state index in [1.54, 1.807) is 17.5 Å². The molecule has 0 aromatic carbocycles. The van der Waals surface area contributed by atoms with Crippen molar-refractivity contribution in [3.63, 3.8) is 0 Å². The highest BCUT2D eigenvalue weighted by Gasteiger charge is 2.15. The molecule has 0 amide bonds. The number of anilines is 1. The number of hydrogen-bond acceptors (Lipinski definition) is 4. The SMILES string of the molecule is Cc1nc2sccn2c1-c1[nH]ncc1N. The molecule has 0 fully saturated rings. The van der Waals surface area contributed by atoms with E-state index in [1.807, 2.05) is 22.9 Å². The Hall–Kier alpha value is -1.82. The van der Waals surface area contributed by atoms with Gasteiger partial charge in [0.15, 0.2) is 4.96 Å². The van der Waals surface area contributed by atoms with E-state index in [0.717, 1.165) is 22.0 Å². The van der Waals surface area contributed by atoms with Gasteiger partial charge >= 0.3 is 0 Å². The fourth-order valence-electron chi connectivity index (χ4n) is 1.68. The molecule has 5 nitrogen and oxygen atoms in total. The smallest absolute Gasteiger partial charge is 0.194 e. The predicted octanol–water partition coefficient (Wildman–Crippen LogP) is 1.68. The molecule has 0 aliphatic heterocycles. The molecular weight excluding hydrogens is 210 g/mol. The van der Waals surface area contributed by atoms with Crippen LogP contribution in [-0.2, 0) is 0 Å². The van der Waals surface area contributed by atoms with Crippen molar-refractivity contribution in [3.05, 3.63) is 23.5 Å². The lowest BCUT2D eigenvalue weighted by Gasteiger charge is -1.98. The van der Waals surface area contributed by atoms with Crippen LogP contribution < -0.4 is 5.73 Å². The topological polar surface area (TPSA) is 72.0 Å². The molecule has 3 aromatic rings. The minimum Gasteiger partial charge on any atom is -0.396 e. The van der Waals surface area contributed by atoms with Crippen LogP contribution in [0.1, 0.15) is 5.69 Å². The number of thiazole rings is 1. The predicted molar refractivity (Wildman–Crippen MR) is 59.8 cm³/mol. The molecule has 0 spiro atoms. The molecular formula is C9H9N5S. The number of nitrogens with two attached hydrogens (primary N) is 1. The van der Waals surface area contributed by atoms with E-state index in [-0.39, 0.29) is 0 Å². The van der Waals surface area contributed by atoms with Gasteiger partial charge in [0.2, 0.25) is 0 Å². The van der Waals surface area contributed by atoms with Gasteiger partial charge in [0.25, 0.3) is 0 Å². The zero-order valence-corrected chi connectivity index (χ0v) is 8.88. The van der Waals surface area contributed by atoms with Gasteiger partial charge < -0.3 is 5.73 Å². The Balaban J connectivity index is 2.38. The van der Waals surface area contributed by atoms with Gasteiger partial charge in [-0.3, -0.25) is 9.50 Å². The third-order valence-corrected chi connectivity index (χ3v) is 3.10. The lowest BCUT2D eigenvalue weighted by Crippen LogP contribution is -1.91. The molecule has 0 saturated carbocycles. The highest BCUT2D eigenvalue weighted by molar-refractivity contribution is 7.15. The summed E-state index contributed by atoms with van der Waals surface area (Å²) in [5, 5.41) is 8.82. The molecule has 0 aliphatic carbocycles. The van der Waals surface area contributed by atoms with E-state index in [9.17, 15) is 0 Å². The molecule has 3 rings (SSSR count). The summed E-state index contributed by atoms with van der Waals surface area (Å²) in [7, 11) is 0. The first kappa shape index (κ1) is 8.49. The van der Waals surface area contributed by atoms with Crippen LogP contribution in [0.4, 0.5) is 5.69 Å². The first-order valence-corrected chi connectivity index (χ1v) is 5.36. The van der Waals surface area contributed by atoms with Crippen molar-refractivity contribution in [2.24, 2.45) is 0 Å². The van der Waals surface area contributed by atoms with Gasteiger partial charge in [-0.1, -0.05) is 0 Å². The molecule has 15 heavy (non-hydrogen) atoms. The number of nitrogens with one attached hydrogen (secondary N) is 1. The van der Waals surface area contributed by atoms with Crippen molar-refractivity contribution in [1.29, 1.82) is 0 Å². The fraction of sp³-hybridized carbons (Fsp3) is 0.111. The number of fused-ring (bicyclic) bond motifs is 1. The maximum Gasteiger partial charge on any atom is 0.194 e. The number of H-pyrrole nitrogens is 1. The first-order valence-electron chi connectivity index (χ1n) is 4.48. The van der Waals surface area contributed by atoms with Crippen molar-refractivity contribution in [3.8, 4) is 11.4 Å². The monoisotopic (exact) mass is 219 g/mol. The minimum absolute atomic E-state index is 0.645. The molecule has 0 unspecified atom stereocenters. The van der Waals surface area contributed by atoms with Crippen LogP contribution in [-0.4, -0.2) is 19.6 Å². The average Bonchev–Trinajstić information content (AvgIpc) is 2.82. The van der Waals surface area contributed by atoms with Gasteiger partial charge in [-0.05, 0) is 6.92 Å². The van der Waals surface area contributed by atoms with Gasteiger partial charge in [-0.15, -0.1) is 11.3 Å². The Morgan fingerprint density at radius 1 is 1.53 bits per heavy atom. The summed E-state index contributed by atoms with van der Waals surface area (Å²) in [6, 6.07) is 0. The fourth-order valence-corrected chi connectivity index (χ4v) is 2.44. The molecule has 3 N–H and O–H groups in total. The Labute approximate surface area is 89.6 Å². The van der Waals surface area contributed by atoms with Crippen LogP contribution in [0.25, 0.3) is 16.3 Å². The van der Waals surface area contributed by atoms with Gasteiger partial charge in [0.1, 0.15) is 5.69 Å². The Kier molecular flexibility index (Phi) is 1.60. The van der Waals surface area contributed by atoms with Gasteiger partial charge in [-0.2, -0.15) is 5.10 Å². The summed E-state index contributed by atoms with van der Waals surface area (Å²) < 4.78 is 2.02. The molecule has 76 valence electrons. The zero-order chi connectivity index (χ0) is 10.4. The molecule has 0 bridgehead atoms. The molecule has 0 radical (unpaired) electrons. The summed E-state index contributed by atoms with van der Waals surface area (Å²) in [6.45, 7) is 1.97. The average molecular weight is 219 g/mol. The third kappa shape index (κ3) is 1.08. The second kappa shape index (κ2) is 2.83. The normalized spacial score (nSPS) is 11.3. The van der Waals surface area contributed by atoms with Crippen LogP contribution in [0, 0.1) is 6.92 Å². The van der Waals surface area contributed by atoms with Crippen LogP contribution in [0.15, 0.2) is 17.8 Å². The Morgan fingerprint density at radius 3 is 3.13 bits per heavy atom. The molecule has 3 heterocycles. The number of nitrogens with zero attached hydrogens (tertiary/aromatic N) is 3. The molecule has 3 aromatic heterocycles. The zero-order valence-electron chi connectivity index (χ0n) is 8.06. The van der Waals surface area contributed by atoms with Crippen LogP contribution >= 0.6 is 11.3 Å². The maximum atomic E-state index is 5.83. The van der Waals surface area contributed by atoms with Crippen molar-refractivity contribution in [2.75, 3.05) is 5.73 Å². The van der Waals surface area contributed by atoms with Crippen molar-refractivity contribution >= 4 is 22.0 Å². The second-order valence-electron chi connectivity index (χ2n) is 3.30. The molecule has 0 saturated heterocycles. The lowest BCUT2D eigenvalue weighted by molar-refractivity contribution is 1.08. The minimum atomic E-state index is 0.645. The lowest BCUT2D eigenvalue weighted by atomic mass is 10.2. The van der Waals surface area contributed by atoms with E-state index < -0.39 is 0 Å². The summed E-state index contributed by atoms with van der Waals surface area (Å²) in [5.74, 6) is 0. The highest BCUT2D eigenvalue weighted by Crippen LogP contribution is 2.28. The molecule has 0 atom stereocenters. The second-order valence-corrected chi connectivity index (χ2v) is 4.17.